The minimum Gasteiger partial charge on any atom is -0.338 e. The van der Waals surface area contributed by atoms with Crippen LogP contribution in [-0.2, 0) is 6.54 Å². The number of hydrogen-bond donors (Lipinski definition) is 0. The molecule has 23 heavy (non-hydrogen) atoms. The molecule has 0 aliphatic carbocycles. The van der Waals surface area contributed by atoms with E-state index in [1.807, 2.05) is 52.8 Å². The minimum absolute atomic E-state index is 0.0792. The van der Waals surface area contributed by atoms with Gasteiger partial charge in [-0.2, -0.15) is 0 Å². The van der Waals surface area contributed by atoms with Gasteiger partial charge in [0.15, 0.2) is 0 Å². The number of pyridine rings is 1. The molecule has 1 saturated heterocycles. The van der Waals surface area contributed by atoms with Gasteiger partial charge < -0.3 is 9.47 Å². The SMILES string of the molecule is Cc1ccc(C(=O)N2C[C@@H]3C[C@@H](C2)c2cccc(=O)n2C3)cc1. The van der Waals surface area contributed by atoms with Crippen molar-refractivity contribution in [1.82, 2.24) is 9.47 Å². The van der Waals surface area contributed by atoms with Crippen LogP contribution in [0.2, 0.25) is 0 Å². The molecule has 2 aliphatic rings. The summed E-state index contributed by atoms with van der Waals surface area (Å²) >= 11 is 0. The molecule has 3 heterocycles. The van der Waals surface area contributed by atoms with Crippen LogP contribution in [0, 0.1) is 12.8 Å². The van der Waals surface area contributed by atoms with Crippen LogP contribution in [0.25, 0.3) is 0 Å². The molecule has 4 nitrogen and oxygen atoms in total. The third kappa shape index (κ3) is 2.48. The van der Waals surface area contributed by atoms with Gasteiger partial charge in [-0.25, -0.2) is 0 Å². The highest BCUT2D eigenvalue weighted by molar-refractivity contribution is 5.94. The Bertz CT molecular complexity index is 807. The maximum absolute atomic E-state index is 12.8. The largest absolute Gasteiger partial charge is 0.338 e. The van der Waals surface area contributed by atoms with E-state index in [0.29, 0.717) is 12.5 Å². The van der Waals surface area contributed by atoms with Crippen LogP contribution >= 0.6 is 0 Å². The summed E-state index contributed by atoms with van der Waals surface area (Å²) in [6.07, 6.45) is 1.07. The van der Waals surface area contributed by atoms with Crippen molar-refractivity contribution >= 4 is 5.91 Å². The van der Waals surface area contributed by atoms with E-state index in [9.17, 15) is 9.59 Å². The zero-order valence-corrected chi connectivity index (χ0v) is 13.2. The average molecular weight is 308 g/mol. The van der Waals surface area contributed by atoms with Crippen molar-refractivity contribution in [3.05, 3.63) is 69.6 Å². The third-order valence-corrected chi connectivity index (χ3v) is 5.07. The van der Waals surface area contributed by atoms with E-state index in [-0.39, 0.29) is 17.4 Å². The lowest BCUT2D eigenvalue weighted by atomic mass is 9.83. The Labute approximate surface area is 135 Å². The van der Waals surface area contributed by atoms with Gasteiger partial charge >= 0.3 is 0 Å². The highest BCUT2D eigenvalue weighted by Gasteiger charge is 2.36. The van der Waals surface area contributed by atoms with Crippen LogP contribution < -0.4 is 5.56 Å². The Kier molecular flexibility index (Phi) is 3.33. The van der Waals surface area contributed by atoms with E-state index in [1.165, 1.54) is 0 Å². The quantitative estimate of drug-likeness (QED) is 0.812. The fourth-order valence-electron chi connectivity index (χ4n) is 3.94. The third-order valence-electron chi connectivity index (χ3n) is 5.07. The molecule has 0 radical (unpaired) electrons. The lowest BCUT2D eigenvalue weighted by molar-refractivity contribution is 0.0594. The number of hydrogen-bond acceptors (Lipinski definition) is 2. The number of likely N-dealkylation sites (tertiary alicyclic amines) is 1. The molecule has 4 rings (SSSR count). The molecule has 1 amide bonds. The normalized spacial score (nSPS) is 22.6. The number of fused-ring (bicyclic) bond motifs is 4. The van der Waals surface area contributed by atoms with Crippen molar-refractivity contribution in [2.75, 3.05) is 13.1 Å². The summed E-state index contributed by atoms with van der Waals surface area (Å²) in [5.41, 5.74) is 3.07. The topological polar surface area (TPSA) is 42.3 Å². The van der Waals surface area contributed by atoms with Gasteiger partial charge in [-0.15, -0.1) is 0 Å². The summed E-state index contributed by atoms with van der Waals surface area (Å²) in [5, 5.41) is 0. The molecule has 0 spiro atoms. The first-order chi connectivity index (χ1) is 11.1. The Balaban J connectivity index is 1.62. The van der Waals surface area contributed by atoms with Gasteiger partial charge in [-0.05, 0) is 37.5 Å². The molecule has 2 atom stereocenters. The standard InChI is InChI=1S/C19H20N2O2/c1-13-5-7-15(8-6-13)19(23)20-10-14-9-16(12-20)17-3-2-4-18(22)21(17)11-14/h2-8,14,16H,9-12H2,1H3/t14-,16-/m0/s1. The number of piperidine rings is 1. The number of amides is 1. The first-order valence-electron chi connectivity index (χ1n) is 8.17. The van der Waals surface area contributed by atoms with Crippen molar-refractivity contribution in [2.45, 2.75) is 25.8 Å². The second-order valence-electron chi connectivity index (χ2n) is 6.77. The second-order valence-corrected chi connectivity index (χ2v) is 6.77. The van der Waals surface area contributed by atoms with Crippen molar-refractivity contribution in [1.29, 1.82) is 0 Å². The Morgan fingerprint density at radius 1 is 1.04 bits per heavy atom. The Hall–Kier alpha value is -2.36. The fourth-order valence-corrected chi connectivity index (χ4v) is 3.94. The summed E-state index contributed by atoms with van der Waals surface area (Å²) in [7, 11) is 0. The first-order valence-corrected chi connectivity index (χ1v) is 8.17. The highest BCUT2D eigenvalue weighted by Crippen LogP contribution is 2.35. The van der Waals surface area contributed by atoms with Gasteiger partial charge in [0.05, 0.1) is 0 Å². The van der Waals surface area contributed by atoms with E-state index in [4.69, 9.17) is 0 Å². The molecule has 4 heteroatoms. The summed E-state index contributed by atoms with van der Waals surface area (Å²) < 4.78 is 1.90. The molecule has 1 aromatic heterocycles. The molecule has 118 valence electrons. The summed E-state index contributed by atoms with van der Waals surface area (Å²) in [6.45, 7) is 4.19. The number of aromatic nitrogens is 1. The Morgan fingerprint density at radius 2 is 1.83 bits per heavy atom. The summed E-state index contributed by atoms with van der Waals surface area (Å²) in [5.74, 6) is 0.743. The van der Waals surface area contributed by atoms with Gasteiger partial charge in [-0.3, -0.25) is 9.59 Å². The lowest BCUT2D eigenvalue weighted by Crippen LogP contribution is -2.49. The Morgan fingerprint density at radius 3 is 2.61 bits per heavy atom. The van der Waals surface area contributed by atoms with E-state index >= 15 is 0 Å². The fraction of sp³-hybridized carbons (Fsp3) is 0.368. The molecule has 1 aromatic carbocycles. The number of benzene rings is 1. The van der Waals surface area contributed by atoms with Crippen molar-refractivity contribution in [3.8, 4) is 0 Å². The van der Waals surface area contributed by atoms with Crippen LogP contribution in [0.1, 0.15) is 34.0 Å². The van der Waals surface area contributed by atoms with Gasteiger partial charge in [0, 0.05) is 42.9 Å². The van der Waals surface area contributed by atoms with Gasteiger partial charge in [-0.1, -0.05) is 23.8 Å². The molecule has 0 unspecified atom stereocenters. The zero-order valence-electron chi connectivity index (χ0n) is 13.2. The van der Waals surface area contributed by atoms with E-state index in [2.05, 4.69) is 0 Å². The van der Waals surface area contributed by atoms with Crippen LogP contribution in [0.5, 0.6) is 0 Å². The number of carbonyl (C=O) groups is 1. The van der Waals surface area contributed by atoms with Gasteiger partial charge in [0.25, 0.3) is 11.5 Å². The van der Waals surface area contributed by atoms with Crippen LogP contribution in [0.4, 0.5) is 0 Å². The van der Waals surface area contributed by atoms with Crippen molar-refractivity contribution in [2.24, 2.45) is 5.92 Å². The number of nitrogens with zero attached hydrogens (tertiary/aromatic N) is 2. The van der Waals surface area contributed by atoms with Crippen LogP contribution in [-0.4, -0.2) is 28.5 Å². The average Bonchev–Trinajstić information content (AvgIpc) is 2.56. The van der Waals surface area contributed by atoms with E-state index in [1.54, 1.807) is 6.07 Å². The maximum Gasteiger partial charge on any atom is 0.253 e. The van der Waals surface area contributed by atoms with Crippen molar-refractivity contribution < 1.29 is 4.79 Å². The number of carbonyl (C=O) groups excluding carboxylic acids is 1. The van der Waals surface area contributed by atoms with Gasteiger partial charge in [0.2, 0.25) is 0 Å². The molecule has 2 bridgehead atoms. The molecule has 1 fully saturated rings. The predicted octanol–water partition coefficient (Wildman–Crippen LogP) is 2.42. The number of aryl methyl sites for hydroxylation is 1. The molecule has 2 aliphatic heterocycles. The molecule has 0 saturated carbocycles. The lowest BCUT2D eigenvalue weighted by Gasteiger charge is -2.42. The minimum atomic E-state index is 0.0792. The molecule has 0 N–H and O–H groups in total. The van der Waals surface area contributed by atoms with E-state index < -0.39 is 0 Å². The van der Waals surface area contributed by atoms with Crippen LogP contribution in [0.15, 0.2) is 47.3 Å². The predicted molar refractivity (Wildman–Crippen MR) is 88.6 cm³/mol. The second kappa shape index (κ2) is 5.37. The van der Waals surface area contributed by atoms with Crippen molar-refractivity contribution in [3.63, 3.8) is 0 Å². The number of rotatable bonds is 1. The first kappa shape index (κ1) is 14.2. The summed E-state index contributed by atoms with van der Waals surface area (Å²) in [6, 6.07) is 13.2. The zero-order chi connectivity index (χ0) is 16.0. The highest BCUT2D eigenvalue weighted by atomic mass is 16.2. The molecular weight excluding hydrogens is 288 g/mol. The summed E-state index contributed by atoms with van der Waals surface area (Å²) in [4.78, 5) is 26.8. The maximum atomic E-state index is 12.8. The van der Waals surface area contributed by atoms with Crippen LogP contribution in [0.3, 0.4) is 0 Å². The van der Waals surface area contributed by atoms with Gasteiger partial charge in [0.1, 0.15) is 0 Å². The molecule has 2 aromatic rings. The smallest absolute Gasteiger partial charge is 0.253 e. The monoisotopic (exact) mass is 308 g/mol. The molecular formula is C19H20N2O2. The van der Waals surface area contributed by atoms with E-state index in [0.717, 1.165) is 36.3 Å².